The van der Waals surface area contributed by atoms with Gasteiger partial charge in [-0.25, -0.2) is 0 Å². The van der Waals surface area contributed by atoms with Crippen LogP contribution in [0, 0.1) is 0 Å². The molecule has 0 saturated heterocycles. The van der Waals surface area contributed by atoms with Gasteiger partial charge in [-0.2, -0.15) is 0 Å². The first-order valence-electron chi connectivity index (χ1n) is 8.18. The van der Waals surface area contributed by atoms with Crippen LogP contribution in [-0.2, 0) is 13.2 Å². The van der Waals surface area contributed by atoms with Crippen LogP contribution in [0.5, 0.6) is 11.5 Å². The normalized spacial score (nSPS) is 10.4. The molecule has 0 bridgehead atoms. The van der Waals surface area contributed by atoms with Crippen molar-refractivity contribution in [3.05, 3.63) is 87.9 Å². The lowest BCUT2D eigenvalue weighted by atomic mass is 10.2. The Hall–Kier alpha value is -2.36. The lowest BCUT2D eigenvalue weighted by Gasteiger charge is -2.11. The molecule has 0 aliphatic rings. The SMILES string of the molecule is COc1ccc(NCc2cccc(OCc3c(Cl)cccc3Cl)c2)cc1. The van der Waals surface area contributed by atoms with Crippen molar-refractivity contribution in [1.82, 2.24) is 0 Å². The minimum atomic E-state index is 0.327. The first-order valence-corrected chi connectivity index (χ1v) is 8.94. The van der Waals surface area contributed by atoms with Crippen molar-refractivity contribution in [2.45, 2.75) is 13.2 Å². The maximum Gasteiger partial charge on any atom is 0.120 e. The zero-order valence-corrected chi connectivity index (χ0v) is 15.8. The van der Waals surface area contributed by atoms with Crippen molar-refractivity contribution in [3.8, 4) is 11.5 Å². The second-order valence-electron chi connectivity index (χ2n) is 5.72. The van der Waals surface area contributed by atoms with E-state index in [4.69, 9.17) is 32.7 Å². The molecular formula is C21H19Cl2NO2. The molecule has 0 aliphatic heterocycles. The maximum atomic E-state index is 6.18. The number of methoxy groups -OCH3 is 1. The lowest BCUT2D eigenvalue weighted by Crippen LogP contribution is -2.01. The van der Waals surface area contributed by atoms with Gasteiger partial charge in [0, 0.05) is 27.8 Å². The minimum Gasteiger partial charge on any atom is -0.497 e. The fourth-order valence-electron chi connectivity index (χ4n) is 2.48. The smallest absolute Gasteiger partial charge is 0.120 e. The summed E-state index contributed by atoms with van der Waals surface area (Å²) in [5.74, 6) is 1.61. The van der Waals surface area contributed by atoms with Crippen molar-refractivity contribution in [1.29, 1.82) is 0 Å². The van der Waals surface area contributed by atoms with Crippen molar-refractivity contribution >= 4 is 28.9 Å². The highest BCUT2D eigenvalue weighted by atomic mass is 35.5. The Balaban J connectivity index is 1.60. The van der Waals surface area contributed by atoms with E-state index in [1.165, 1.54) is 0 Å². The molecular weight excluding hydrogens is 369 g/mol. The van der Waals surface area contributed by atoms with Crippen molar-refractivity contribution < 1.29 is 9.47 Å². The van der Waals surface area contributed by atoms with Gasteiger partial charge in [-0.05, 0) is 54.1 Å². The molecule has 0 fully saturated rings. The van der Waals surface area contributed by atoms with Crippen molar-refractivity contribution in [2.24, 2.45) is 0 Å². The van der Waals surface area contributed by atoms with E-state index in [0.717, 1.165) is 28.3 Å². The van der Waals surface area contributed by atoms with Gasteiger partial charge in [-0.15, -0.1) is 0 Å². The highest BCUT2D eigenvalue weighted by molar-refractivity contribution is 6.35. The summed E-state index contributed by atoms with van der Waals surface area (Å²) in [6, 6.07) is 21.2. The lowest BCUT2D eigenvalue weighted by molar-refractivity contribution is 0.306. The number of ether oxygens (including phenoxy) is 2. The fourth-order valence-corrected chi connectivity index (χ4v) is 2.99. The number of hydrogen-bond donors (Lipinski definition) is 1. The molecule has 3 aromatic carbocycles. The Morgan fingerprint density at radius 2 is 1.54 bits per heavy atom. The number of anilines is 1. The van der Waals surface area contributed by atoms with Crippen molar-refractivity contribution in [2.75, 3.05) is 12.4 Å². The number of benzene rings is 3. The monoisotopic (exact) mass is 387 g/mol. The van der Waals surface area contributed by atoms with E-state index in [2.05, 4.69) is 5.32 Å². The zero-order valence-electron chi connectivity index (χ0n) is 14.3. The molecule has 0 atom stereocenters. The molecule has 0 aliphatic carbocycles. The van der Waals surface area contributed by atoms with Gasteiger partial charge in [0.2, 0.25) is 0 Å². The molecule has 3 rings (SSSR count). The van der Waals surface area contributed by atoms with Gasteiger partial charge in [-0.3, -0.25) is 0 Å². The average Bonchev–Trinajstić information content (AvgIpc) is 2.67. The summed E-state index contributed by atoms with van der Waals surface area (Å²) in [5.41, 5.74) is 2.93. The van der Waals surface area contributed by atoms with Gasteiger partial charge in [-0.1, -0.05) is 41.4 Å². The predicted molar refractivity (Wildman–Crippen MR) is 108 cm³/mol. The summed E-state index contributed by atoms with van der Waals surface area (Å²) in [7, 11) is 1.66. The van der Waals surface area contributed by atoms with Crippen LogP contribution in [0.4, 0.5) is 5.69 Å². The number of nitrogens with one attached hydrogen (secondary N) is 1. The molecule has 26 heavy (non-hydrogen) atoms. The van der Waals surface area contributed by atoms with Crippen LogP contribution in [0.25, 0.3) is 0 Å². The van der Waals surface area contributed by atoms with Crippen LogP contribution in [0.3, 0.4) is 0 Å². The van der Waals surface area contributed by atoms with Gasteiger partial charge in [0.15, 0.2) is 0 Å². The summed E-state index contributed by atoms with van der Waals surface area (Å²) in [4.78, 5) is 0. The molecule has 0 heterocycles. The summed E-state index contributed by atoms with van der Waals surface area (Å²) < 4.78 is 11.0. The molecule has 3 aromatic rings. The Morgan fingerprint density at radius 1 is 0.846 bits per heavy atom. The van der Waals surface area contributed by atoms with Crippen LogP contribution >= 0.6 is 23.2 Å². The van der Waals surface area contributed by atoms with Crippen LogP contribution in [0.2, 0.25) is 10.0 Å². The van der Waals surface area contributed by atoms with E-state index in [1.54, 1.807) is 19.2 Å². The zero-order chi connectivity index (χ0) is 18.4. The van der Waals surface area contributed by atoms with Gasteiger partial charge < -0.3 is 14.8 Å². The van der Waals surface area contributed by atoms with E-state index < -0.39 is 0 Å². The Bertz CT molecular complexity index is 846. The second-order valence-corrected chi connectivity index (χ2v) is 6.53. The summed E-state index contributed by atoms with van der Waals surface area (Å²) in [6.45, 7) is 1.02. The van der Waals surface area contributed by atoms with Gasteiger partial charge in [0.1, 0.15) is 18.1 Å². The fraction of sp³-hybridized carbons (Fsp3) is 0.143. The Labute approximate surface area is 163 Å². The molecule has 3 nitrogen and oxygen atoms in total. The van der Waals surface area contributed by atoms with E-state index in [9.17, 15) is 0 Å². The molecule has 0 saturated carbocycles. The largest absolute Gasteiger partial charge is 0.497 e. The number of rotatable bonds is 7. The highest BCUT2D eigenvalue weighted by Gasteiger charge is 2.06. The third-order valence-electron chi connectivity index (χ3n) is 3.93. The third-order valence-corrected chi connectivity index (χ3v) is 4.64. The Morgan fingerprint density at radius 3 is 2.23 bits per heavy atom. The maximum absolute atomic E-state index is 6.18. The first kappa shape index (κ1) is 18.4. The molecule has 0 amide bonds. The molecule has 0 radical (unpaired) electrons. The molecule has 0 unspecified atom stereocenters. The second kappa shape index (κ2) is 8.84. The number of halogens is 2. The van der Waals surface area contributed by atoms with E-state index in [0.29, 0.717) is 23.2 Å². The molecule has 134 valence electrons. The Kier molecular flexibility index (Phi) is 6.26. The van der Waals surface area contributed by atoms with Gasteiger partial charge in [0.05, 0.1) is 7.11 Å². The predicted octanol–water partition coefficient (Wildman–Crippen LogP) is 6.19. The van der Waals surface area contributed by atoms with Crippen LogP contribution in [0.15, 0.2) is 66.7 Å². The van der Waals surface area contributed by atoms with E-state index in [-0.39, 0.29) is 0 Å². The summed E-state index contributed by atoms with van der Waals surface area (Å²) >= 11 is 12.4. The molecule has 1 N–H and O–H groups in total. The number of hydrogen-bond acceptors (Lipinski definition) is 3. The molecule has 5 heteroatoms. The standard InChI is InChI=1S/C21H19Cl2NO2/c1-25-17-10-8-16(9-11-17)24-13-15-4-2-5-18(12-15)26-14-19-20(22)6-3-7-21(19)23/h2-12,24H,13-14H2,1H3. The average molecular weight is 388 g/mol. The van der Waals surface area contributed by atoms with Gasteiger partial charge >= 0.3 is 0 Å². The van der Waals surface area contributed by atoms with E-state index in [1.807, 2.05) is 54.6 Å². The molecule has 0 spiro atoms. The van der Waals surface area contributed by atoms with Crippen LogP contribution < -0.4 is 14.8 Å². The quantitative estimate of drug-likeness (QED) is 0.523. The topological polar surface area (TPSA) is 30.5 Å². The summed E-state index contributed by atoms with van der Waals surface area (Å²) in [6.07, 6.45) is 0. The van der Waals surface area contributed by atoms with E-state index >= 15 is 0 Å². The van der Waals surface area contributed by atoms with Crippen LogP contribution in [0.1, 0.15) is 11.1 Å². The summed E-state index contributed by atoms with van der Waals surface area (Å²) in [5, 5.41) is 4.59. The third kappa shape index (κ3) is 4.84. The highest BCUT2D eigenvalue weighted by Crippen LogP contribution is 2.26. The van der Waals surface area contributed by atoms with Gasteiger partial charge in [0.25, 0.3) is 0 Å². The molecule has 0 aromatic heterocycles. The van der Waals surface area contributed by atoms with Crippen LogP contribution in [-0.4, -0.2) is 7.11 Å². The minimum absolute atomic E-state index is 0.327. The first-order chi connectivity index (χ1) is 12.7. The van der Waals surface area contributed by atoms with Crippen molar-refractivity contribution in [3.63, 3.8) is 0 Å².